The van der Waals surface area contributed by atoms with Crippen LogP contribution >= 0.6 is 0 Å². The maximum Gasteiger partial charge on any atom is 0.274 e. The molecule has 2 N–H and O–H groups in total. The van der Waals surface area contributed by atoms with Crippen LogP contribution in [0, 0.1) is 0 Å². The predicted octanol–water partition coefficient (Wildman–Crippen LogP) is 3.16. The zero-order valence-corrected chi connectivity index (χ0v) is 12.2. The molecule has 110 valence electrons. The van der Waals surface area contributed by atoms with E-state index in [2.05, 4.69) is 15.6 Å². The van der Waals surface area contributed by atoms with Crippen molar-refractivity contribution in [2.24, 2.45) is 0 Å². The second kappa shape index (κ2) is 7.28. The van der Waals surface area contributed by atoms with Gasteiger partial charge in [0, 0.05) is 12.2 Å². The highest BCUT2D eigenvalue weighted by Crippen LogP contribution is 2.16. The summed E-state index contributed by atoms with van der Waals surface area (Å²) in [6.45, 7) is 5.37. The summed E-state index contributed by atoms with van der Waals surface area (Å²) in [5, 5.41) is 5.94. The van der Waals surface area contributed by atoms with Crippen LogP contribution in [0.15, 0.2) is 42.6 Å². The topological polar surface area (TPSA) is 63.2 Å². The zero-order chi connectivity index (χ0) is 15.1. The second-order valence-corrected chi connectivity index (χ2v) is 4.37. The molecular weight excluding hydrogens is 266 g/mol. The Kier molecular flexibility index (Phi) is 5.15. The summed E-state index contributed by atoms with van der Waals surface area (Å²) in [6, 6.07) is 10.8. The van der Waals surface area contributed by atoms with Gasteiger partial charge in [-0.05, 0) is 50.2 Å². The first-order valence-corrected chi connectivity index (χ1v) is 6.97. The number of nitrogens with one attached hydrogen (secondary N) is 2. The van der Waals surface area contributed by atoms with E-state index >= 15 is 0 Å². The fraction of sp³-hybridized carbons (Fsp3) is 0.250. The lowest BCUT2D eigenvalue weighted by Gasteiger charge is -2.07. The van der Waals surface area contributed by atoms with Crippen molar-refractivity contribution in [2.75, 3.05) is 23.8 Å². The lowest BCUT2D eigenvalue weighted by atomic mass is 10.2. The molecule has 5 heteroatoms. The van der Waals surface area contributed by atoms with Crippen LogP contribution < -0.4 is 15.4 Å². The first kappa shape index (κ1) is 14.8. The van der Waals surface area contributed by atoms with Crippen molar-refractivity contribution in [3.05, 3.63) is 48.3 Å². The van der Waals surface area contributed by atoms with Crippen LogP contribution in [-0.4, -0.2) is 24.0 Å². The van der Waals surface area contributed by atoms with E-state index in [-0.39, 0.29) is 5.91 Å². The SMILES string of the molecule is CCNc1ccc(C(=O)Nc2ccc(OCC)cc2)nc1. The van der Waals surface area contributed by atoms with Crippen molar-refractivity contribution >= 4 is 17.3 Å². The molecule has 0 fully saturated rings. The first-order chi connectivity index (χ1) is 10.2. The molecule has 0 unspecified atom stereocenters. The standard InChI is InChI=1S/C16H19N3O2/c1-3-17-13-7-10-15(18-11-13)16(20)19-12-5-8-14(9-6-12)21-4-2/h5-11,17H,3-4H2,1-2H3,(H,19,20). The quantitative estimate of drug-likeness (QED) is 0.855. The number of nitrogens with zero attached hydrogens (tertiary/aromatic N) is 1. The third-order valence-corrected chi connectivity index (χ3v) is 2.80. The minimum Gasteiger partial charge on any atom is -0.494 e. The maximum absolute atomic E-state index is 12.1. The Morgan fingerprint density at radius 3 is 2.38 bits per heavy atom. The maximum atomic E-state index is 12.1. The van der Waals surface area contributed by atoms with Gasteiger partial charge in [0.15, 0.2) is 0 Å². The molecule has 2 aromatic rings. The number of hydrogen-bond acceptors (Lipinski definition) is 4. The number of pyridine rings is 1. The van der Waals surface area contributed by atoms with Gasteiger partial charge in [0.1, 0.15) is 11.4 Å². The Labute approximate surface area is 124 Å². The van der Waals surface area contributed by atoms with Crippen LogP contribution in [0.4, 0.5) is 11.4 Å². The molecule has 1 heterocycles. The fourth-order valence-electron chi connectivity index (χ4n) is 1.83. The van der Waals surface area contributed by atoms with Crippen molar-refractivity contribution in [1.29, 1.82) is 0 Å². The van der Waals surface area contributed by atoms with Gasteiger partial charge in [-0.25, -0.2) is 4.98 Å². The Morgan fingerprint density at radius 2 is 1.81 bits per heavy atom. The highest BCUT2D eigenvalue weighted by Gasteiger charge is 2.07. The summed E-state index contributed by atoms with van der Waals surface area (Å²) in [5.74, 6) is 0.547. The predicted molar refractivity (Wildman–Crippen MR) is 84.0 cm³/mol. The van der Waals surface area contributed by atoms with Crippen LogP contribution in [0.2, 0.25) is 0 Å². The minimum atomic E-state index is -0.234. The van der Waals surface area contributed by atoms with Gasteiger partial charge in [-0.15, -0.1) is 0 Å². The van der Waals surface area contributed by atoms with E-state index in [1.165, 1.54) is 0 Å². The van der Waals surface area contributed by atoms with Crippen molar-refractivity contribution < 1.29 is 9.53 Å². The van der Waals surface area contributed by atoms with Gasteiger partial charge in [-0.1, -0.05) is 0 Å². The fourth-order valence-corrected chi connectivity index (χ4v) is 1.83. The summed E-state index contributed by atoms with van der Waals surface area (Å²) < 4.78 is 5.35. The smallest absolute Gasteiger partial charge is 0.274 e. The molecule has 1 amide bonds. The number of anilines is 2. The number of aromatic nitrogens is 1. The number of amides is 1. The summed E-state index contributed by atoms with van der Waals surface area (Å²) in [7, 11) is 0. The van der Waals surface area contributed by atoms with E-state index in [4.69, 9.17) is 4.74 Å². The van der Waals surface area contributed by atoms with E-state index in [1.54, 1.807) is 24.4 Å². The normalized spacial score (nSPS) is 10.0. The molecule has 5 nitrogen and oxygen atoms in total. The molecule has 1 aromatic heterocycles. The highest BCUT2D eigenvalue weighted by molar-refractivity contribution is 6.02. The third-order valence-electron chi connectivity index (χ3n) is 2.80. The summed E-state index contributed by atoms with van der Waals surface area (Å²) in [4.78, 5) is 16.2. The molecule has 21 heavy (non-hydrogen) atoms. The molecule has 0 spiro atoms. The van der Waals surface area contributed by atoms with E-state index < -0.39 is 0 Å². The van der Waals surface area contributed by atoms with Gasteiger partial charge in [-0.2, -0.15) is 0 Å². The van der Waals surface area contributed by atoms with E-state index in [9.17, 15) is 4.79 Å². The van der Waals surface area contributed by atoms with Crippen LogP contribution in [0.3, 0.4) is 0 Å². The average molecular weight is 285 g/mol. The molecule has 0 saturated heterocycles. The summed E-state index contributed by atoms with van der Waals surface area (Å²) in [5.41, 5.74) is 1.99. The number of benzene rings is 1. The molecular formula is C16H19N3O2. The van der Waals surface area contributed by atoms with Crippen LogP contribution in [-0.2, 0) is 0 Å². The van der Waals surface area contributed by atoms with Crippen molar-refractivity contribution in [1.82, 2.24) is 4.98 Å². The molecule has 2 rings (SSSR count). The van der Waals surface area contributed by atoms with Gasteiger partial charge < -0.3 is 15.4 Å². The zero-order valence-electron chi connectivity index (χ0n) is 12.2. The Morgan fingerprint density at radius 1 is 1.10 bits per heavy atom. The summed E-state index contributed by atoms with van der Waals surface area (Å²) in [6.07, 6.45) is 1.65. The number of carbonyl (C=O) groups is 1. The molecule has 0 aliphatic carbocycles. The largest absolute Gasteiger partial charge is 0.494 e. The molecule has 0 radical (unpaired) electrons. The van der Waals surface area contributed by atoms with Crippen LogP contribution in [0.1, 0.15) is 24.3 Å². The number of ether oxygens (including phenoxy) is 1. The van der Waals surface area contributed by atoms with Crippen molar-refractivity contribution in [2.45, 2.75) is 13.8 Å². The molecule has 0 atom stereocenters. The van der Waals surface area contributed by atoms with Gasteiger partial charge in [0.25, 0.3) is 5.91 Å². The van der Waals surface area contributed by atoms with E-state index in [0.717, 1.165) is 18.0 Å². The Balaban J connectivity index is 2.00. The van der Waals surface area contributed by atoms with Crippen LogP contribution in [0.25, 0.3) is 0 Å². The number of rotatable bonds is 6. The van der Waals surface area contributed by atoms with Gasteiger partial charge in [0.2, 0.25) is 0 Å². The molecule has 0 bridgehead atoms. The molecule has 0 aliphatic heterocycles. The Bertz CT molecular complexity index is 579. The average Bonchev–Trinajstić information content (AvgIpc) is 2.50. The second-order valence-electron chi connectivity index (χ2n) is 4.37. The molecule has 1 aromatic carbocycles. The van der Waals surface area contributed by atoms with Gasteiger partial charge >= 0.3 is 0 Å². The van der Waals surface area contributed by atoms with Crippen molar-refractivity contribution in [3.63, 3.8) is 0 Å². The highest BCUT2D eigenvalue weighted by atomic mass is 16.5. The third kappa shape index (κ3) is 4.21. The molecule has 0 aliphatic rings. The number of carbonyl (C=O) groups excluding carboxylic acids is 1. The van der Waals surface area contributed by atoms with Gasteiger partial charge in [-0.3, -0.25) is 4.79 Å². The van der Waals surface area contributed by atoms with E-state index in [1.807, 2.05) is 32.0 Å². The summed E-state index contributed by atoms with van der Waals surface area (Å²) >= 11 is 0. The van der Waals surface area contributed by atoms with Crippen molar-refractivity contribution in [3.8, 4) is 5.75 Å². The van der Waals surface area contributed by atoms with Crippen LogP contribution in [0.5, 0.6) is 5.75 Å². The lowest BCUT2D eigenvalue weighted by Crippen LogP contribution is -2.13. The number of hydrogen-bond donors (Lipinski definition) is 2. The van der Waals surface area contributed by atoms with E-state index in [0.29, 0.717) is 18.0 Å². The Hall–Kier alpha value is -2.56. The molecule has 0 saturated carbocycles. The minimum absolute atomic E-state index is 0.234. The first-order valence-electron chi connectivity index (χ1n) is 6.97. The van der Waals surface area contributed by atoms with Gasteiger partial charge in [0.05, 0.1) is 18.5 Å². The lowest BCUT2D eigenvalue weighted by molar-refractivity contribution is 0.102. The monoisotopic (exact) mass is 285 g/mol.